The van der Waals surface area contributed by atoms with Gasteiger partial charge >= 0.3 is 6.09 Å². The molecule has 4 nitrogen and oxygen atoms in total. The van der Waals surface area contributed by atoms with Gasteiger partial charge in [0.05, 0.1) is 6.61 Å². The van der Waals surface area contributed by atoms with E-state index in [0.29, 0.717) is 13.0 Å². The lowest BCUT2D eigenvalue weighted by Crippen LogP contribution is -2.54. The van der Waals surface area contributed by atoms with Crippen LogP contribution in [0.4, 0.5) is 4.79 Å². The molecule has 0 aromatic heterocycles. The predicted octanol–water partition coefficient (Wildman–Crippen LogP) is 0.348. The van der Waals surface area contributed by atoms with E-state index in [2.05, 4.69) is 17.4 Å². The Balaban J connectivity index is 2.69. The van der Waals surface area contributed by atoms with Gasteiger partial charge < -0.3 is 4.74 Å². The first-order valence-corrected chi connectivity index (χ1v) is 3.43. The average Bonchev–Trinajstić information content (AvgIpc) is 1.83. The minimum absolute atomic E-state index is 0.395. The zero-order chi connectivity index (χ0) is 7.78. The summed E-state index contributed by atoms with van der Waals surface area (Å²) in [7, 11) is 0. The second kappa shape index (κ2) is 2.32. The van der Waals surface area contributed by atoms with E-state index in [1.54, 1.807) is 6.92 Å². The van der Waals surface area contributed by atoms with Crippen LogP contribution in [0.25, 0.3) is 0 Å². The van der Waals surface area contributed by atoms with E-state index in [-0.39, 0.29) is 0 Å². The number of hydrogen-bond donors (Lipinski definition) is 2. The van der Waals surface area contributed by atoms with Crippen molar-refractivity contribution in [3.8, 4) is 0 Å². The lowest BCUT2D eigenvalue weighted by Gasteiger charge is -2.36. The largest absolute Gasteiger partial charge is 0.448 e. The zero-order valence-electron chi connectivity index (χ0n) is 5.70. The smallest absolute Gasteiger partial charge is 0.425 e. The summed E-state index contributed by atoms with van der Waals surface area (Å²) >= 11 is 4.17. The third-order valence-corrected chi connectivity index (χ3v) is 1.96. The second-order valence-corrected chi connectivity index (χ2v) is 3.41. The zero-order valence-corrected chi connectivity index (χ0v) is 6.60. The van der Waals surface area contributed by atoms with Crippen LogP contribution in [0.5, 0.6) is 0 Å². The summed E-state index contributed by atoms with van der Waals surface area (Å²) in [6, 6.07) is 0. The van der Waals surface area contributed by atoms with Crippen molar-refractivity contribution in [3.63, 3.8) is 0 Å². The molecule has 0 aliphatic carbocycles. The number of rotatable bonds is 0. The van der Waals surface area contributed by atoms with E-state index >= 15 is 0 Å². The van der Waals surface area contributed by atoms with Crippen molar-refractivity contribution in [3.05, 3.63) is 0 Å². The highest BCUT2D eigenvalue weighted by atomic mass is 32.1. The highest BCUT2D eigenvalue weighted by Gasteiger charge is 2.34. The molecule has 0 radical (unpaired) electrons. The number of nitrogens with two attached hydrogens (primary N) is 1. The molecule has 1 fully saturated rings. The van der Waals surface area contributed by atoms with Gasteiger partial charge in [0.25, 0.3) is 0 Å². The van der Waals surface area contributed by atoms with Gasteiger partial charge in [0.2, 0.25) is 0 Å². The molecule has 0 saturated carbocycles. The molecule has 1 atom stereocenters. The first-order valence-electron chi connectivity index (χ1n) is 2.98. The number of carbonyl (C=O) groups is 1. The van der Waals surface area contributed by atoms with Crippen molar-refractivity contribution in [2.75, 3.05) is 6.61 Å². The number of nitrogens with zero attached hydrogens (tertiary/aromatic N) is 1. The maximum atomic E-state index is 10.7. The van der Waals surface area contributed by atoms with Crippen molar-refractivity contribution < 1.29 is 9.53 Å². The third-order valence-electron chi connectivity index (χ3n) is 1.52. The molecule has 0 aromatic carbocycles. The van der Waals surface area contributed by atoms with Gasteiger partial charge in [0, 0.05) is 6.42 Å². The highest BCUT2D eigenvalue weighted by Crippen LogP contribution is 2.25. The van der Waals surface area contributed by atoms with Crippen LogP contribution in [0, 0.1) is 0 Å². The summed E-state index contributed by atoms with van der Waals surface area (Å²) in [5.74, 6) is 5.34. The van der Waals surface area contributed by atoms with Crippen molar-refractivity contribution in [2.45, 2.75) is 18.2 Å². The Morgan fingerprint density at radius 2 is 2.50 bits per heavy atom. The van der Waals surface area contributed by atoms with E-state index in [1.807, 2.05) is 0 Å². The molecular weight excluding hydrogens is 152 g/mol. The number of thiol groups is 1. The maximum Gasteiger partial charge on any atom is 0.425 e. The van der Waals surface area contributed by atoms with Gasteiger partial charge in [-0.05, 0) is 6.92 Å². The Morgan fingerprint density at radius 1 is 1.90 bits per heavy atom. The molecule has 10 heavy (non-hydrogen) atoms. The fourth-order valence-corrected chi connectivity index (χ4v) is 0.891. The number of cyclic esters (lactones) is 1. The van der Waals surface area contributed by atoms with E-state index in [9.17, 15) is 4.79 Å². The maximum absolute atomic E-state index is 10.7. The van der Waals surface area contributed by atoms with Crippen LogP contribution in [0.15, 0.2) is 0 Å². The van der Waals surface area contributed by atoms with Gasteiger partial charge in [-0.15, -0.1) is 12.6 Å². The second-order valence-electron chi connectivity index (χ2n) is 2.45. The van der Waals surface area contributed by atoms with Crippen LogP contribution in [0.1, 0.15) is 13.3 Å². The molecule has 1 amide bonds. The average molecular weight is 162 g/mol. The first-order chi connectivity index (χ1) is 4.54. The summed E-state index contributed by atoms with van der Waals surface area (Å²) in [6.45, 7) is 2.17. The SMILES string of the molecule is CC1(S)CCOC(=O)N1N. The monoisotopic (exact) mass is 162 g/mol. The van der Waals surface area contributed by atoms with E-state index in [0.717, 1.165) is 5.01 Å². The molecule has 1 unspecified atom stereocenters. The number of carbonyl (C=O) groups excluding carboxylic acids is 1. The van der Waals surface area contributed by atoms with Crippen molar-refractivity contribution >= 4 is 18.7 Å². The Morgan fingerprint density at radius 3 is 2.90 bits per heavy atom. The summed E-state index contributed by atoms with van der Waals surface area (Å²) < 4.78 is 4.64. The van der Waals surface area contributed by atoms with Crippen LogP contribution in [-0.4, -0.2) is 22.6 Å². The quantitative estimate of drug-likeness (QED) is 0.307. The van der Waals surface area contributed by atoms with Crippen molar-refractivity contribution in [2.24, 2.45) is 5.84 Å². The van der Waals surface area contributed by atoms with E-state index in [4.69, 9.17) is 5.84 Å². The molecule has 1 aliphatic rings. The van der Waals surface area contributed by atoms with Crippen LogP contribution in [0.2, 0.25) is 0 Å². The predicted molar refractivity (Wildman–Crippen MR) is 39.4 cm³/mol. The summed E-state index contributed by atoms with van der Waals surface area (Å²) in [5.41, 5.74) is 0. The van der Waals surface area contributed by atoms with Crippen LogP contribution in [-0.2, 0) is 4.74 Å². The Bertz CT molecular complexity index is 160. The molecule has 58 valence electrons. The fourth-order valence-electron chi connectivity index (χ4n) is 0.718. The minimum atomic E-state index is -0.560. The van der Waals surface area contributed by atoms with Crippen molar-refractivity contribution in [1.82, 2.24) is 5.01 Å². The molecule has 0 aromatic rings. The van der Waals surface area contributed by atoms with Gasteiger partial charge in [-0.2, -0.15) is 0 Å². The molecule has 1 rings (SSSR count). The topological polar surface area (TPSA) is 55.6 Å². The lowest BCUT2D eigenvalue weighted by molar-refractivity contribution is 0.0387. The minimum Gasteiger partial charge on any atom is -0.448 e. The van der Waals surface area contributed by atoms with Gasteiger partial charge in [-0.3, -0.25) is 0 Å². The summed E-state index contributed by atoms with van der Waals surface area (Å²) in [6.07, 6.45) is 0.141. The van der Waals surface area contributed by atoms with Gasteiger partial charge in [-0.1, -0.05) is 0 Å². The molecule has 5 heteroatoms. The van der Waals surface area contributed by atoms with Gasteiger partial charge in [0.1, 0.15) is 4.87 Å². The molecule has 1 saturated heterocycles. The molecule has 0 spiro atoms. The Labute approximate surface area is 64.7 Å². The van der Waals surface area contributed by atoms with Crippen LogP contribution in [0.3, 0.4) is 0 Å². The first kappa shape index (κ1) is 7.68. The normalized spacial score (nSPS) is 33.9. The number of amides is 1. The molecular formula is C5H10N2O2S. The van der Waals surface area contributed by atoms with Crippen LogP contribution >= 0.6 is 12.6 Å². The summed E-state index contributed by atoms with van der Waals surface area (Å²) in [5, 5.41) is 1.000. The van der Waals surface area contributed by atoms with E-state index in [1.165, 1.54) is 0 Å². The molecule has 1 aliphatic heterocycles. The Kier molecular flexibility index (Phi) is 1.78. The van der Waals surface area contributed by atoms with E-state index < -0.39 is 11.0 Å². The van der Waals surface area contributed by atoms with Crippen LogP contribution < -0.4 is 5.84 Å². The lowest BCUT2D eigenvalue weighted by atomic mass is 10.2. The number of hydrogen-bond acceptors (Lipinski definition) is 4. The van der Waals surface area contributed by atoms with Crippen molar-refractivity contribution in [1.29, 1.82) is 0 Å². The highest BCUT2D eigenvalue weighted by molar-refractivity contribution is 7.81. The third kappa shape index (κ3) is 1.19. The molecule has 2 N–H and O–H groups in total. The van der Waals surface area contributed by atoms with Gasteiger partial charge in [0.15, 0.2) is 0 Å². The number of hydrazine groups is 1. The standard InChI is InChI=1S/C5H10N2O2S/c1-5(10)2-3-9-4(8)7(5)6/h10H,2-3,6H2,1H3. The van der Waals surface area contributed by atoms with Gasteiger partial charge in [-0.25, -0.2) is 15.6 Å². The number of ether oxygens (including phenoxy) is 1. The summed E-state index contributed by atoms with van der Waals surface area (Å²) in [4.78, 5) is 10.2. The molecule has 1 heterocycles. The Hall–Kier alpha value is -0.420. The fraction of sp³-hybridized carbons (Fsp3) is 0.800. The molecule has 0 bridgehead atoms.